The number of aldehydes is 1. The SMILES string of the molecule is CNc1nc(-c2cccs2)nc2sc(CC=O)c(C)c12. The number of aryl methyl sites for hydroxylation is 1. The van der Waals surface area contributed by atoms with Crippen molar-refractivity contribution in [2.75, 3.05) is 12.4 Å². The van der Waals surface area contributed by atoms with Gasteiger partial charge in [0.25, 0.3) is 0 Å². The molecule has 1 N–H and O–H groups in total. The zero-order chi connectivity index (χ0) is 14.1. The average molecular weight is 303 g/mol. The maximum Gasteiger partial charge on any atom is 0.173 e. The van der Waals surface area contributed by atoms with Crippen molar-refractivity contribution in [2.45, 2.75) is 13.3 Å². The molecule has 0 atom stereocenters. The van der Waals surface area contributed by atoms with E-state index in [0.717, 1.165) is 43.5 Å². The fourth-order valence-electron chi connectivity index (χ4n) is 2.15. The summed E-state index contributed by atoms with van der Waals surface area (Å²) in [5, 5.41) is 6.18. The number of thiophene rings is 2. The molecular formula is C14H13N3OS2. The molecule has 0 amide bonds. The average Bonchev–Trinajstić information content (AvgIpc) is 3.08. The lowest BCUT2D eigenvalue weighted by Crippen LogP contribution is -1.97. The molecule has 0 unspecified atom stereocenters. The van der Waals surface area contributed by atoms with Crippen LogP contribution in [0.3, 0.4) is 0 Å². The maximum absolute atomic E-state index is 10.8. The molecule has 6 heteroatoms. The lowest BCUT2D eigenvalue weighted by molar-refractivity contribution is -0.107. The van der Waals surface area contributed by atoms with Crippen molar-refractivity contribution in [2.24, 2.45) is 0 Å². The smallest absolute Gasteiger partial charge is 0.173 e. The van der Waals surface area contributed by atoms with Gasteiger partial charge in [0, 0.05) is 18.3 Å². The molecule has 3 aromatic heterocycles. The van der Waals surface area contributed by atoms with Gasteiger partial charge in [0.1, 0.15) is 16.9 Å². The Kier molecular flexibility index (Phi) is 3.50. The predicted octanol–water partition coefficient (Wildman–Crippen LogP) is 3.51. The van der Waals surface area contributed by atoms with Crippen molar-refractivity contribution < 1.29 is 4.79 Å². The number of hydrogen-bond acceptors (Lipinski definition) is 6. The first-order valence-electron chi connectivity index (χ1n) is 6.20. The number of nitrogens with one attached hydrogen (secondary N) is 1. The minimum Gasteiger partial charge on any atom is -0.372 e. The van der Waals surface area contributed by atoms with Crippen molar-refractivity contribution in [3.63, 3.8) is 0 Å². The summed E-state index contributed by atoms with van der Waals surface area (Å²) < 4.78 is 0. The van der Waals surface area contributed by atoms with Crippen LogP contribution >= 0.6 is 22.7 Å². The molecule has 0 saturated heterocycles. The van der Waals surface area contributed by atoms with Gasteiger partial charge in [-0.3, -0.25) is 0 Å². The molecular weight excluding hydrogens is 290 g/mol. The molecule has 0 aliphatic rings. The first kappa shape index (κ1) is 13.2. The van der Waals surface area contributed by atoms with Crippen LogP contribution in [0.1, 0.15) is 10.4 Å². The van der Waals surface area contributed by atoms with E-state index in [-0.39, 0.29) is 0 Å². The molecule has 0 saturated carbocycles. The Balaban J connectivity index is 2.26. The summed E-state index contributed by atoms with van der Waals surface area (Å²) in [6.45, 7) is 2.02. The lowest BCUT2D eigenvalue weighted by atomic mass is 10.2. The highest BCUT2D eigenvalue weighted by atomic mass is 32.1. The van der Waals surface area contributed by atoms with Gasteiger partial charge in [-0.1, -0.05) is 6.07 Å². The molecule has 0 aliphatic heterocycles. The number of nitrogens with zero attached hydrogens (tertiary/aromatic N) is 2. The number of anilines is 1. The molecule has 0 aromatic carbocycles. The molecule has 0 spiro atoms. The molecule has 4 nitrogen and oxygen atoms in total. The first-order chi connectivity index (χ1) is 9.74. The zero-order valence-electron chi connectivity index (χ0n) is 11.1. The highest BCUT2D eigenvalue weighted by molar-refractivity contribution is 7.19. The van der Waals surface area contributed by atoms with E-state index in [4.69, 9.17) is 0 Å². The third-order valence-corrected chi connectivity index (χ3v) is 5.21. The third kappa shape index (κ3) is 2.10. The Bertz CT molecular complexity index is 762. The maximum atomic E-state index is 10.8. The van der Waals surface area contributed by atoms with Crippen LogP contribution in [0, 0.1) is 6.92 Å². The minimum absolute atomic E-state index is 0.435. The van der Waals surface area contributed by atoms with E-state index in [2.05, 4.69) is 15.3 Å². The van der Waals surface area contributed by atoms with E-state index < -0.39 is 0 Å². The van der Waals surface area contributed by atoms with Crippen molar-refractivity contribution >= 4 is 45.0 Å². The van der Waals surface area contributed by atoms with Crippen LogP contribution in [0.15, 0.2) is 17.5 Å². The van der Waals surface area contributed by atoms with Gasteiger partial charge in [0.2, 0.25) is 0 Å². The van der Waals surface area contributed by atoms with E-state index in [1.54, 1.807) is 22.7 Å². The summed E-state index contributed by atoms with van der Waals surface area (Å²) in [4.78, 5) is 23.1. The van der Waals surface area contributed by atoms with Gasteiger partial charge in [-0.25, -0.2) is 9.97 Å². The second-order valence-electron chi connectivity index (χ2n) is 4.32. The summed E-state index contributed by atoms with van der Waals surface area (Å²) in [6.07, 6.45) is 1.37. The molecule has 3 rings (SSSR count). The van der Waals surface area contributed by atoms with Crippen LogP contribution in [-0.4, -0.2) is 23.3 Å². The summed E-state index contributed by atoms with van der Waals surface area (Å²) in [6, 6.07) is 4.00. The number of carbonyl (C=O) groups excluding carboxylic acids is 1. The lowest BCUT2D eigenvalue weighted by Gasteiger charge is -2.05. The number of aromatic nitrogens is 2. The van der Waals surface area contributed by atoms with Gasteiger partial charge in [-0.15, -0.1) is 22.7 Å². The molecule has 0 radical (unpaired) electrons. The molecule has 3 aromatic rings. The van der Waals surface area contributed by atoms with E-state index in [0.29, 0.717) is 6.42 Å². The van der Waals surface area contributed by atoms with Crippen molar-refractivity contribution in [3.05, 3.63) is 28.0 Å². The van der Waals surface area contributed by atoms with E-state index in [1.807, 2.05) is 31.5 Å². The van der Waals surface area contributed by atoms with Gasteiger partial charge in [0.15, 0.2) is 5.82 Å². The van der Waals surface area contributed by atoms with E-state index >= 15 is 0 Å². The standard InChI is InChI=1S/C14H13N3OS2/c1-8-9(5-6-18)20-14-11(8)13(15-2)16-12(17-14)10-4-3-7-19-10/h3-4,6-7H,5H2,1-2H3,(H,15,16,17). The number of hydrogen-bond donors (Lipinski definition) is 1. The van der Waals surface area contributed by atoms with Crippen molar-refractivity contribution in [1.82, 2.24) is 9.97 Å². The summed E-state index contributed by atoms with van der Waals surface area (Å²) in [5.74, 6) is 1.56. The Morgan fingerprint density at radius 3 is 2.90 bits per heavy atom. The molecule has 20 heavy (non-hydrogen) atoms. The van der Waals surface area contributed by atoms with Crippen LogP contribution < -0.4 is 5.32 Å². The first-order valence-corrected chi connectivity index (χ1v) is 7.89. The fraction of sp³-hybridized carbons (Fsp3) is 0.214. The van der Waals surface area contributed by atoms with Gasteiger partial charge in [0.05, 0.1) is 10.3 Å². The molecule has 3 heterocycles. The van der Waals surface area contributed by atoms with E-state index in [1.165, 1.54) is 0 Å². The van der Waals surface area contributed by atoms with Gasteiger partial charge in [-0.05, 0) is 23.9 Å². The molecule has 0 aliphatic carbocycles. The Morgan fingerprint density at radius 1 is 1.40 bits per heavy atom. The van der Waals surface area contributed by atoms with E-state index in [9.17, 15) is 4.79 Å². The van der Waals surface area contributed by atoms with Crippen molar-refractivity contribution in [1.29, 1.82) is 0 Å². The Labute approximate surface area is 124 Å². The van der Waals surface area contributed by atoms with Crippen LogP contribution in [0.5, 0.6) is 0 Å². The molecule has 102 valence electrons. The van der Waals surface area contributed by atoms with Crippen LogP contribution in [0.4, 0.5) is 5.82 Å². The minimum atomic E-state index is 0.435. The summed E-state index contributed by atoms with van der Waals surface area (Å²) >= 11 is 3.19. The number of rotatable bonds is 4. The highest BCUT2D eigenvalue weighted by Crippen LogP contribution is 2.36. The highest BCUT2D eigenvalue weighted by Gasteiger charge is 2.16. The molecule has 0 fully saturated rings. The second kappa shape index (κ2) is 5.30. The normalized spacial score (nSPS) is 10.9. The Morgan fingerprint density at radius 2 is 2.25 bits per heavy atom. The summed E-state index contributed by atoms with van der Waals surface area (Å²) in [7, 11) is 1.86. The summed E-state index contributed by atoms with van der Waals surface area (Å²) in [5.41, 5.74) is 1.10. The third-order valence-electron chi connectivity index (χ3n) is 3.14. The number of fused-ring (bicyclic) bond motifs is 1. The van der Waals surface area contributed by atoms with Crippen LogP contribution in [0.2, 0.25) is 0 Å². The van der Waals surface area contributed by atoms with Crippen LogP contribution in [0.25, 0.3) is 20.9 Å². The zero-order valence-corrected chi connectivity index (χ0v) is 12.8. The van der Waals surface area contributed by atoms with Crippen molar-refractivity contribution in [3.8, 4) is 10.7 Å². The monoisotopic (exact) mass is 303 g/mol. The topological polar surface area (TPSA) is 54.9 Å². The predicted molar refractivity (Wildman–Crippen MR) is 84.8 cm³/mol. The molecule has 0 bridgehead atoms. The fourth-order valence-corrected chi connectivity index (χ4v) is 3.93. The Hall–Kier alpha value is -1.79. The van der Waals surface area contributed by atoms with Gasteiger partial charge >= 0.3 is 0 Å². The van der Waals surface area contributed by atoms with Gasteiger partial charge in [-0.2, -0.15) is 0 Å². The second-order valence-corrected chi connectivity index (χ2v) is 6.36. The van der Waals surface area contributed by atoms with Crippen LogP contribution in [-0.2, 0) is 11.2 Å². The quantitative estimate of drug-likeness (QED) is 0.749. The largest absolute Gasteiger partial charge is 0.372 e. The van der Waals surface area contributed by atoms with Gasteiger partial charge < -0.3 is 10.1 Å². The number of carbonyl (C=O) groups is 1.